The third kappa shape index (κ3) is 2.47. The van der Waals surface area contributed by atoms with Gasteiger partial charge in [-0.05, 0) is 11.0 Å². The van der Waals surface area contributed by atoms with Gasteiger partial charge < -0.3 is 0 Å². The van der Waals surface area contributed by atoms with Crippen LogP contribution in [0, 0.1) is 0 Å². The first-order chi connectivity index (χ1) is 5.22. The first kappa shape index (κ1) is 9.03. The molecule has 0 saturated heterocycles. The van der Waals surface area contributed by atoms with E-state index in [0.29, 0.717) is 5.66 Å². The van der Waals surface area contributed by atoms with Crippen LogP contribution in [0.1, 0.15) is 13.8 Å². The minimum Gasteiger partial charge on any atom is -0.0909 e. The van der Waals surface area contributed by atoms with E-state index in [-0.39, 0.29) is 0 Å². The molecule has 1 aromatic carbocycles. The Balaban J connectivity index is 2.77. The Hall–Kier alpha value is -0.0600. The molecule has 0 N–H and O–H groups in total. The lowest BCUT2D eigenvalue weighted by Crippen LogP contribution is -2.02. The lowest BCUT2D eigenvalue weighted by Gasteiger charge is -2.12. The molecule has 0 aromatic heterocycles. The zero-order chi connectivity index (χ0) is 8.27. The number of hydrogen-bond acceptors (Lipinski definition) is 0. The molecule has 1 atom stereocenters. The van der Waals surface area contributed by atoms with Gasteiger partial charge in [-0.1, -0.05) is 55.4 Å². The van der Waals surface area contributed by atoms with Crippen LogP contribution in [0.4, 0.5) is 0 Å². The van der Waals surface area contributed by atoms with Crippen LogP contribution in [0.2, 0.25) is 0 Å². The fourth-order valence-corrected chi connectivity index (χ4v) is 2.26. The topological polar surface area (TPSA) is 0 Å². The molecule has 0 heterocycles. The Bertz CT molecular complexity index is 208. The van der Waals surface area contributed by atoms with Gasteiger partial charge in [0.25, 0.3) is 0 Å². The van der Waals surface area contributed by atoms with Gasteiger partial charge in [-0.2, -0.15) is 0 Å². The Morgan fingerprint density at radius 1 is 1.18 bits per heavy atom. The van der Waals surface area contributed by atoms with Crippen molar-refractivity contribution in [3.8, 4) is 0 Å². The summed E-state index contributed by atoms with van der Waals surface area (Å²) in [4.78, 5) is 0. The van der Waals surface area contributed by atoms with Gasteiger partial charge in [0.15, 0.2) is 0 Å². The van der Waals surface area contributed by atoms with Crippen molar-refractivity contribution < 1.29 is 0 Å². The molecule has 0 amide bonds. The summed E-state index contributed by atoms with van der Waals surface area (Å²) in [6, 6.07) is 10.3. The molecule has 1 rings (SSSR count). The smallest absolute Gasteiger partial charge is 0.0238 e. The minimum absolute atomic E-state index is 0.462. The SMILES string of the molecule is CC(C)P(Cl)c1ccccc1. The Morgan fingerprint density at radius 2 is 1.73 bits per heavy atom. The molecule has 0 bridgehead atoms. The highest BCUT2D eigenvalue weighted by Crippen LogP contribution is 2.44. The highest BCUT2D eigenvalue weighted by Gasteiger charge is 2.10. The molecule has 11 heavy (non-hydrogen) atoms. The summed E-state index contributed by atoms with van der Waals surface area (Å²) in [5, 5.41) is 1.28. The average Bonchev–Trinajstić information content (AvgIpc) is 2.05. The summed E-state index contributed by atoms with van der Waals surface area (Å²) in [5.74, 6) is 0. The largest absolute Gasteiger partial charge is 0.0909 e. The summed E-state index contributed by atoms with van der Waals surface area (Å²) in [6.45, 7) is 4.32. The fourth-order valence-electron chi connectivity index (χ4n) is 0.869. The first-order valence-corrected chi connectivity index (χ1v) is 6.03. The van der Waals surface area contributed by atoms with Crippen molar-refractivity contribution in [2.24, 2.45) is 0 Å². The van der Waals surface area contributed by atoms with Crippen LogP contribution in [0.15, 0.2) is 30.3 Å². The monoisotopic (exact) mass is 186 g/mol. The molecule has 1 unspecified atom stereocenters. The molecule has 0 aliphatic rings. The highest BCUT2D eigenvalue weighted by atomic mass is 35.7. The third-order valence-electron chi connectivity index (χ3n) is 1.46. The predicted octanol–water partition coefficient (Wildman–Crippen LogP) is 3.36. The van der Waals surface area contributed by atoms with Crippen LogP contribution in [0.5, 0.6) is 0 Å². The van der Waals surface area contributed by atoms with Crippen molar-refractivity contribution in [3.63, 3.8) is 0 Å². The Morgan fingerprint density at radius 3 is 2.18 bits per heavy atom. The normalized spacial score (nSPS) is 13.5. The number of rotatable bonds is 2. The van der Waals surface area contributed by atoms with Gasteiger partial charge in [0.2, 0.25) is 0 Å². The van der Waals surface area contributed by atoms with Crippen LogP contribution in [0.25, 0.3) is 0 Å². The second kappa shape index (κ2) is 4.09. The molecule has 0 spiro atoms. The molecule has 0 aliphatic carbocycles. The van der Waals surface area contributed by atoms with Gasteiger partial charge in [0, 0.05) is 7.27 Å². The van der Waals surface area contributed by atoms with E-state index in [2.05, 4.69) is 26.0 Å². The van der Waals surface area contributed by atoms with Gasteiger partial charge in [-0.25, -0.2) is 0 Å². The standard InChI is InChI=1S/C9H12ClP/c1-8(2)11(10)9-6-4-3-5-7-9/h3-8H,1-2H3. The van der Waals surface area contributed by atoms with Crippen molar-refractivity contribution in [2.75, 3.05) is 0 Å². The molecule has 1 aromatic rings. The third-order valence-corrected chi connectivity index (χ3v) is 4.91. The van der Waals surface area contributed by atoms with Crippen LogP contribution < -0.4 is 5.30 Å². The molecule has 60 valence electrons. The van der Waals surface area contributed by atoms with Crippen molar-refractivity contribution >= 4 is 23.8 Å². The molecule has 2 heteroatoms. The molecule has 0 aliphatic heterocycles. The fraction of sp³-hybridized carbons (Fsp3) is 0.333. The molecule has 0 radical (unpaired) electrons. The average molecular weight is 187 g/mol. The summed E-state index contributed by atoms with van der Waals surface area (Å²) < 4.78 is 0. The maximum Gasteiger partial charge on any atom is 0.0238 e. The summed E-state index contributed by atoms with van der Waals surface area (Å²) in [6.07, 6.45) is 0. The van der Waals surface area contributed by atoms with E-state index in [0.717, 1.165) is 0 Å². The maximum atomic E-state index is 6.21. The van der Waals surface area contributed by atoms with E-state index >= 15 is 0 Å². The molecule has 0 saturated carbocycles. The number of benzene rings is 1. The maximum absolute atomic E-state index is 6.21. The second-order valence-corrected chi connectivity index (χ2v) is 6.00. The predicted molar refractivity (Wildman–Crippen MR) is 54.0 cm³/mol. The van der Waals surface area contributed by atoms with E-state index in [1.807, 2.05) is 18.2 Å². The first-order valence-electron chi connectivity index (χ1n) is 3.72. The van der Waals surface area contributed by atoms with Gasteiger partial charge >= 0.3 is 0 Å². The molecule has 0 nitrogen and oxygen atoms in total. The van der Waals surface area contributed by atoms with Gasteiger partial charge in [-0.3, -0.25) is 0 Å². The molecule has 0 fully saturated rings. The highest BCUT2D eigenvalue weighted by molar-refractivity contribution is 7.90. The van der Waals surface area contributed by atoms with Gasteiger partial charge in [0.1, 0.15) is 0 Å². The minimum atomic E-state index is -0.462. The lowest BCUT2D eigenvalue weighted by atomic mass is 10.4. The van der Waals surface area contributed by atoms with Crippen molar-refractivity contribution in [2.45, 2.75) is 19.5 Å². The number of hydrogen-bond donors (Lipinski definition) is 0. The van der Waals surface area contributed by atoms with Gasteiger partial charge in [-0.15, -0.1) is 0 Å². The summed E-state index contributed by atoms with van der Waals surface area (Å²) in [7, 11) is -0.462. The Kier molecular flexibility index (Phi) is 3.36. The van der Waals surface area contributed by atoms with Crippen LogP contribution >= 0.6 is 18.5 Å². The number of halogens is 1. The second-order valence-electron chi connectivity index (χ2n) is 2.74. The van der Waals surface area contributed by atoms with E-state index in [9.17, 15) is 0 Å². The van der Waals surface area contributed by atoms with E-state index < -0.39 is 7.27 Å². The van der Waals surface area contributed by atoms with E-state index in [1.54, 1.807) is 0 Å². The Labute approximate surface area is 74.1 Å². The van der Waals surface area contributed by atoms with Crippen molar-refractivity contribution in [1.82, 2.24) is 0 Å². The van der Waals surface area contributed by atoms with E-state index in [1.165, 1.54) is 5.30 Å². The van der Waals surface area contributed by atoms with E-state index in [4.69, 9.17) is 11.2 Å². The summed E-state index contributed by atoms with van der Waals surface area (Å²) >= 11 is 6.21. The van der Waals surface area contributed by atoms with Crippen LogP contribution in [-0.2, 0) is 0 Å². The van der Waals surface area contributed by atoms with Crippen molar-refractivity contribution in [1.29, 1.82) is 0 Å². The molecular weight excluding hydrogens is 175 g/mol. The van der Waals surface area contributed by atoms with Crippen LogP contribution in [-0.4, -0.2) is 5.66 Å². The quantitative estimate of drug-likeness (QED) is 0.622. The lowest BCUT2D eigenvalue weighted by molar-refractivity contribution is 1.11. The molecular formula is C9H12ClP. The zero-order valence-electron chi connectivity index (χ0n) is 6.79. The van der Waals surface area contributed by atoms with Crippen molar-refractivity contribution in [3.05, 3.63) is 30.3 Å². The zero-order valence-corrected chi connectivity index (χ0v) is 8.44. The van der Waals surface area contributed by atoms with Crippen LogP contribution in [0.3, 0.4) is 0 Å². The summed E-state index contributed by atoms with van der Waals surface area (Å²) in [5.41, 5.74) is 0.564. The van der Waals surface area contributed by atoms with Gasteiger partial charge in [0.05, 0.1) is 0 Å².